The molecule has 4 nitrogen and oxygen atoms in total. The van der Waals surface area contributed by atoms with Crippen LogP contribution < -0.4 is 4.31 Å². The van der Waals surface area contributed by atoms with Gasteiger partial charge in [0.05, 0.1) is 11.6 Å². The number of hydrogen-bond acceptors (Lipinski definition) is 2. The molecule has 0 aliphatic heterocycles. The van der Waals surface area contributed by atoms with Crippen molar-refractivity contribution in [1.82, 2.24) is 4.57 Å². The highest BCUT2D eigenvalue weighted by atomic mass is 35.5. The number of aromatic nitrogens is 1. The zero-order valence-corrected chi connectivity index (χ0v) is 13.9. The van der Waals surface area contributed by atoms with Crippen LogP contribution in [0.2, 0.25) is 0 Å². The summed E-state index contributed by atoms with van der Waals surface area (Å²) in [4.78, 5) is 0.269. The molecular weight excluding hydrogens is 308 g/mol. The molecule has 0 saturated heterocycles. The van der Waals surface area contributed by atoms with E-state index in [2.05, 4.69) is 0 Å². The molecule has 114 valence electrons. The van der Waals surface area contributed by atoms with Crippen LogP contribution in [0.5, 0.6) is 0 Å². The summed E-state index contributed by atoms with van der Waals surface area (Å²) in [6.45, 7) is 4.11. The van der Waals surface area contributed by atoms with Gasteiger partial charge in [-0.05, 0) is 31.5 Å². The summed E-state index contributed by atoms with van der Waals surface area (Å²) < 4.78 is 28.9. The number of benzene rings is 1. The molecule has 0 amide bonds. The average molecular weight is 327 g/mol. The molecule has 0 unspecified atom stereocenters. The molecule has 2 rings (SSSR count). The summed E-state index contributed by atoms with van der Waals surface area (Å²) in [5, 5.41) is 0. The Hall–Kier alpha value is -1.46. The molecule has 0 saturated carbocycles. The topological polar surface area (TPSA) is 42.3 Å². The second kappa shape index (κ2) is 6.12. The number of sulfonamides is 1. The highest BCUT2D eigenvalue weighted by molar-refractivity contribution is 7.92. The van der Waals surface area contributed by atoms with E-state index in [9.17, 15) is 8.42 Å². The van der Waals surface area contributed by atoms with E-state index in [-0.39, 0.29) is 10.8 Å². The fraction of sp³-hybridized carbons (Fsp3) is 0.333. The highest BCUT2D eigenvalue weighted by Gasteiger charge is 2.26. The number of anilines is 1. The molecule has 0 bridgehead atoms. The van der Waals surface area contributed by atoms with Crippen LogP contribution in [-0.4, -0.2) is 19.5 Å². The van der Waals surface area contributed by atoms with Gasteiger partial charge >= 0.3 is 0 Å². The Bertz CT molecular complexity index is 738. The van der Waals surface area contributed by atoms with Crippen molar-refractivity contribution in [2.45, 2.75) is 24.6 Å². The largest absolute Gasteiger partial charge is 0.352 e. The van der Waals surface area contributed by atoms with Crippen LogP contribution in [0.1, 0.15) is 18.2 Å². The number of aryl methyl sites for hydroxylation is 2. The zero-order valence-electron chi connectivity index (χ0n) is 12.4. The Balaban J connectivity index is 2.52. The smallest absolute Gasteiger partial charge is 0.265 e. The SMILES string of the molecule is CCN(c1ccccc1C)S(=O)(=O)c1cc(CCl)n(C)c1. The first-order chi connectivity index (χ1) is 9.91. The summed E-state index contributed by atoms with van der Waals surface area (Å²) in [7, 11) is -1.79. The maximum atomic E-state index is 12.9. The molecule has 0 N–H and O–H groups in total. The molecular formula is C15H19ClN2O2S. The van der Waals surface area contributed by atoms with Crippen molar-refractivity contribution in [3.8, 4) is 0 Å². The van der Waals surface area contributed by atoms with Gasteiger partial charge in [0, 0.05) is 25.5 Å². The van der Waals surface area contributed by atoms with Crippen LogP contribution >= 0.6 is 11.6 Å². The van der Waals surface area contributed by atoms with E-state index in [0.717, 1.165) is 11.3 Å². The summed E-state index contributed by atoms with van der Waals surface area (Å²) in [6, 6.07) is 9.09. The summed E-state index contributed by atoms with van der Waals surface area (Å²) >= 11 is 5.82. The van der Waals surface area contributed by atoms with Crippen LogP contribution in [0.15, 0.2) is 41.4 Å². The summed E-state index contributed by atoms with van der Waals surface area (Å²) in [5.74, 6) is 0.280. The van der Waals surface area contributed by atoms with Crippen molar-refractivity contribution in [1.29, 1.82) is 0 Å². The molecule has 0 aliphatic carbocycles. The predicted octanol–water partition coefficient (Wildman–Crippen LogP) is 3.29. The van der Waals surface area contributed by atoms with Crippen molar-refractivity contribution in [3.63, 3.8) is 0 Å². The molecule has 0 atom stereocenters. The van der Waals surface area contributed by atoms with Gasteiger partial charge in [-0.15, -0.1) is 11.6 Å². The van der Waals surface area contributed by atoms with E-state index in [4.69, 9.17) is 11.6 Å². The number of halogens is 1. The maximum absolute atomic E-state index is 12.9. The second-order valence-corrected chi connectivity index (χ2v) is 7.00. The third kappa shape index (κ3) is 2.94. The fourth-order valence-electron chi connectivity index (χ4n) is 2.29. The van der Waals surface area contributed by atoms with Crippen LogP contribution in [0, 0.1) is 6.92 Å². The zero-order chi connectivity index (χ0) is 15.6. The molecule has 1 aromatic heterocycles. The lowest BCUT2D eigenvalue weighted by molar-refractivity contribution is 0.591. The Kier molecular flexibility index (Phi) is 4.64. The van der Waals surface area contributed by atoms with Gasteiger partial charge in [-0.3, -0.25) is 4.31 Å². The van der Waals surface area contributed by atoms with E-state index in [0.29, 0.717) is 12.2 Å². The van der Waals surface area contributed by atoms with Crippen molar-refractivity contribution in [3.05, 3.63) is 47.8 Å². The van der Waals surface area contributed by atoms with E-state index in [1.54, 1.807) is 23.9 Å². The Morgan fingerprint density at radius 1 is 1.29 bits per heavy atom. The third-order valence-corrected chi connectivity index (χ3v) is 5.61. The van der Waals surface area contributed by atoms with Crippen molar-refractivity contribution in [2.75, 3.05) is 10.8 Å². The van der Waals surface area contributed by atoms with Gasteiger partial charge < -0.3 is 4.57 Å². The first-order valence-electron chi connectivity index (χ1n) is 6.71. The van der Waals surface area contributed by atoms with E-state index in [1.165, 1.54) is 4.31 Å². The molecule has 0 aliphatic rings. The van der Waals surface area contributed by atoms with Crippen LogP contribution in [0.25, 0.3) is 0 Å². The standard InChI is InChI=1S/C15H19ClN2O2S/c1-4-18(15-8-6-5-7-12(15)2)21(19,20)14-9-13(10-16)17(3)11-14/h5-9,11H,4,10H2,1-3H3. The van der Waals surface area contributed by atoms with Crippen LogP contribution in [0.4, 0.5) is 5.69 Å². The van der Waals surface area contributed by atoms with Crippen LogP contribution in [0.3, 0.4) is 0 Å². The normalized spacial score (nSPS) is 11.6. The Labute approximate surface area is 131 Å². The molecule has 0 spiro atoms. The molecule has 2 aromatic rings. The maximum Gasteiger partial charge on any atom is 0.265 e. The lowest BCUT2D eigenvalue weighted by atomic mass is 10.2. The van der Waals surface area contributed by atoms with E-state index in [1.807, 2.05) is 38.1 Å². The van der Waals surface area contributed by atoms with Crippen molar-refractivity contribution < 1.29 is 8.42 Å². The Morgan fingerprint density at radius 2 is 1.95 bits per heavy atom. The van der Waals surface area contributed by atoms with Gasteiger partial charge in [-0.25, -0.2) is 8.42 Å². The molecule has 1 heterocycles. The highest BCUT2D eigenvalue weighted by Crippen LogP contribution is 2.27. The van der Waals surface area contributed by atoms with Gasteiger partial charge in [0.25, 0.3) is 10.0 Å². The van der Waals surface area contributed by atoms with Crippen molar-refractivity contribution >= 4 is 27.3 Å². The third-order valence-electron chi connectivity index (χ3n) is 3.48. The number of rotatable bonds is 5. The predicted molar refractivity (Wildman–Crippen MR) is 86.4 cm³/mol. The summed E-state index contributed by atoms with van der Waals surface area (Å²) in [6.07, 6.45) is 1.61. The number of hydrogen-bond donors (Lipinski definition) is 0. The quantitative estimate of drug-likeness (QED) is 0.791. The van der Waals surface area contributed by atoms with Gasteiger partial charge in [0.1, 0.15) is 4.90 Å². The van der Waals surface area contributed by atoms with Gasteiger partial charge in [0.15, 0.2) is 0 Å². The first-order valence-corrected chi connectivity index (χ1v) is 8.68. The monoisotopic (exact) mass is 326 g/mol. The second-order valence-electron chi connectivity index (χ2n) is 4.87. The van der Waals surface area contributed by atoms with Gasteiger partial charge in [0.2, 0.25) is 0 Å². The Morgan fingerprint density at radius 3 is 2.48 bits per heavy atom. The molecule has 1 aromatic carbocycles. The number of alkyl halides is 1. The van der Waals surface area contributed by atoms with E-state index < -0.39 is 10.0 Å². The van der Waals surface area contributed by atoms with Crippen molar-refractivity contribution in [2.24, 2.45) is 7.05 Å². The minimum absolute atomic E-state index is 0.269. The van der Waals surface area contributed by atoms with Gasteiger partial charge in [-0.2, -0.15) is 0 Å². The number of para-hydroxylation sites is 1. The average Bonchev–Trinajstić information content (AvgIpc) is 2.83. The lowest BCUT2D eigenvalue weighted by Gasteiger charge is -2.23. The fourth-order valence-corrected chi connectivity index (χ4v) is 4.19. The minimum Gasteiger partial charge on any atom is -0.352 e. The van der Waals surface area contributed by atoms with E-state index >= 15 is 0 Å². The first kappa shape index (κ1) is 15.9. The molecule has 0 radical (unpaired) electrons. The molecule has 0 fully saturated rings. The minimum atomic E-state index is -3.58. The molecule has 6 heteroatoms. The molecule has 21 heavy (non-hydrogen) atoms. The van der Waals surface area contributed by atoms with Gasteiger partial charge in [-0.1, -0.05) is 18.2 Å². The lowest BCUT2D eigenvalue weighted by Crippen LogP contribution is -2.31. The summed E-state index contributed by atoms with van der Waals surface area (Å²) in [5.41, 5.74) is 2.41. The van der Waals surface area contributed by atoms with Crippen LogP contribution in [-0.2, 0) is 23.0 Å². The number of nitrogens with zero attached hydrogens (tertiary/aromatic N) is 2.